The second-order valence-corrected chi connectivity index (χ2v) is 13.0. The molecule has 0 aliphatic rings. The molecule has 0 aliphatic heterocycles. The molecule has 0 aromatic heterocycles. The van der Waals surface area contributed by atoms with Crippen molar-refractivity contribution < 1.29 is 37.0 Å². The largest absolute Gasteiger partial charge is 0.497 e. The maximum absolute atomic E-state index is 14.7. The number of ether oxygens (including phenoxy) is 4. The number of methoxy groups -OCH3 is 4. The summed E-state index contributed by atoms with van der Waals surface area (Å²) in [6, 6.07) is 24.0. The van der Waals surface area contributed by atoms with Crippen LogP contribution in [0.25, 0.3) is 0 Å². The molecule has 260 valence electrons. The first-order chi connectivity index (χ1) is 23.6. The third-order valence-electron chi connectivity index (χ3n) is 7.80. The van der Waals surface area contributed by atoms with E-state index in [1.54, 1.807) is 43.3 Å². The minimum Gasteiger partial charge on any atom is -0.497 e. The Morgan fingerprint density at radius 3 is 2.08 bits per heavy atom. The van der Waals surface area contributed by atoms with Crippen molar-refractivity contribution in [1.82, 2.24) is 10.2 Å². The number of nitrogens with one attached hydrogen (secondary N) is 1. The minimum absolute atomic E-state index is 0.0419. The standard InChI is InChI=1S/C36H40ClN3O8S/c1-6-38-36(42)31(20-25-12-8-7-9-13-25)39(23-26-14-10-11-15-29(26)37)35(41)24-40(30-21-27(45-2)16-18-32(30)46-3)49(43,44)28-17-19-33(47-4)34(22-28)48-5/h7-19,21-22,31H,6,20,23-24H2,1-5H3,(H,38,42)/t31-/m0/s1. The van der Waals surface area contributed by atoms with Crippen molar-refractivity contribution in [3.05, 3.63) is 107 Å². The zero-order chi connectivity index (χ0) is 35.6. The smallest absolute Gasteiger partial charge is 0.265 e. The molecule has 0 spiro atoms. The number of rotatable bonds is 16. The lowest BCUT2D eigenvalue weighted by Crippen LogP contribution is -2.53. The summed E-state index contributed by atoms with van der Waals surface area (Å²) in [5.41, 5.74) is 1.42. The maximum Gasteiger partial charge on any atom is 0.265 e. The molecule has 49 heavy (non-hydrogen) atoms. The number of amides is 2. The van der Waals surface area contributed by atoms with Gasteiger partial charge in [0.1, 0.15) is 24.1 Å². The van der Waals surface area contributed by atoms with Crippen molar-refractivity contribution in [2.24, 2.45) is 0 Å². The summed E-state index contributed by atoms with van der Waals surface area (Å²) in [5, 5.41) is 3.23. The number of hydrogen-bond donors (Lipinski definition) is 1. The number of anilines is 1. The van der Waals surface area contributed by atoms with E-state index in [0.29, 0.717) is 28.6 Å². The van der Waals surface area contributed by atoms with Gasteiger partial charge in [-0.1, -0.05) is 60.1 Å². The molecule has 4 aromatic carbocycles. The second kappa shape index (κ2) is 16.9. The normalized spacial score (nSPS) is 11.6. The van der Waals surface area contributed by atoms with E-state index in [1.165, 1.54) is 57.6 Å². The molecule has 11 nitrogen and oxygen atoms in total. The van der Waals surface area contributed by atoms with E-state index < -0.39 is 34.4 Å². The lowest BCUT2D eigenvalue weighted by atomic mass is 10.0. The van der Waals surface area contributed by atoms with Crippen LogP contribution in [0.4, 0.5) is 5.69 Å². The van der Waals surface area contributed by atoms with E-state index >= 15 is 0 Å². The molecule has 2 amide bonds. The second-order valence-electron chi connectivity index (χ2n) is 10.8. The third-order valence-corrected chi connectivity index (χ3v) is 9.92. The van der Waals surface area contributed by atoms with Crippen LogP contribution in [0.5, 0.6) is 23.0 Å². The Morgan fingerprint density at radius 1 is 0.796 bits per heavy atom. The highest BCUT2D eigenvalue weighted by Gasteiger charge is 2.36. The Hall–Kier alpha value is -4.94. The summed E-state index contributed by atoms with van der Waals surface area (Å²) in [5.74, 6) is -0.0829. The predicted molar refractivity (Wildman–Crippen MR) is 188 cm³/mol. The molecule has 1 atom stereocenters. The van der Waals surface area contributed by atoms with Crippen LogP contribution in [0.15, 0.2) is 95.9 Å². The summed E-state index contributed by atoms with van der Waals surface area (Å²) in [6.45, 7) is 1.31. The molecule has 0 fully saturated rings. The van der Waals surface area contributed by atoms with E-state index in [9.17, 15) is 18.0 Å². The molecule has 0 aliphatic carbocycles. The first kappa shape index (κ1) is 36.9. The first-order valence-corrected chi connectivity index (χ1v) is 17.2. The predicted octanol–water partition coefficient (Wildman–Crippen LogP) is 5.35. The fraction of sp³-hybridized carbons (Fsp3) is 0.278. The fourth-order valence-electron chi connectivity index (χ4n) is 5.27. The van der Waals surface area contributed by atoms with E-state index in [0.717, 1.165) is 9.87 Å². The lowest BCUT2D eigenvalue weighted by Gasteiger charge is -2.34. The molecule has 0 saturated heterocycles. The van der Waals surface area contributed by atoms with Gasteiger partial charge in [-0.15, -0.1) is 0 Å². The molecule has 4 aromatic rings. The molecular formula is C36H40ClN3O8S. The Balaban J connectivity index is 1.90. The van der Waals surface area contributed by atoms with Gasteiger partial charge in [0.15, 0.2) is 11.5 Å². The van der Waals surface area contributed by atoms with Gasteiger partial charge in [-0.3, -0.25) is 13.9 Å². The SMILES string of the molecule is CCNC(=O)[C@H](Cc1ccccc1)N(Cc1ccccc1Cl)C(=O)CN(c1cc(OC)ccc1OC)S(=O)(=O)c1ccc(OC)c(OC)c1. The zero-order valence-corrected chi connectivity index (χ0v) is 29.6. The Bertz CT molecular complexity index is 1860. The molecule has 13 heteroatoms. The topological polar surface area (TPSA) is 124 Å². The molecular weight excluding hydrogens is 670 g/mol. The number of nitrogens with zero attached hydrogens (tertiary/aromatic N) is 2. The van der Waals surface area contributed by atoms with Crippen molar-refractivity contribution in [3.63, 3.8) is 0 Å². The summed E-state index contributed by atoms with van der Waals surface area (Å²) in [7, 11) is 1.15. The molecule has 0 heterocycles. The van der Waals surface area contributed by atoms with Crippen molar-refractivity contribution in [2.45, 2.75) is 30.8 Å². The van der Waals surface area contributed by atoms with E-state index in [4.69, 9.17) is 30.5 Å². The summed E-state index contributed by atoms with van der Waals surface area (Å²) >= 11 is 6.56. The van der Waals surface area contributed by atoms with Crippen molar-refractivity contribution in [1.29, 1.82) is 0 Å². The number of hydrogen-bond acceptors (Lipinski definition) is 8. The lowest BCUT2D eigenvalue weighted by molar-refractivity contribution is -0.140. The monoisotopic (exact) mass is 709 g/mol. The maximum atomic E-state index is 14.7. The third kappa shape index (κ3) is 8.76. The van der Waals surface area contributed by atoms with Crippen molar-refractivity contribution >= 4 is 39.1 Å². The Morgan fingerprint density at radius 2 is 1.45 bits per heavy atom. The van der Waals surface area contributed by atoms with E-state index in [1.807, 2.05) is 30.3 Å². The van der Waals surface area contributed by atoms with Gasteiger partial charge in [0.05, 0.1) is 39.0 Å². The number of halogens is 1. The zero-order valence-electron chi connectivity index (χ0n) is 28.0. The Kier molecular flexibility index (Phi) is 12.8. The summed E-state index contributed by atoms with van der Waals surface area (Å²) in [6.07, 6.45) is 0.160. The highest BCUT2D eigenvalue weighted by atomic mass is 35.5. The van der Waals surface area contributed by atoms with Crippen molar-refractivity contribution in [3.8, 4) is 23.0 Å². The van der Waals surface area contributed by atoms with Crippen LogP contribution in [0.1, 0.15) is 18.1 Å². The molecule has 0 unspecified atom stereocenters. The van der Waals surface area contributed by atoms with Crippen LogP contribution >= 0.6 is 11.6 Å². The van der Waals surface area contributed by atoms with Crippen LogP contribution in [0.2, 0.25) is 5.02 Å². The van der Waals surface area contributed by atoms with Crippen LogP contribution < -0.4 is 28.6 Å². The van der Waals surface area contributed by atoms with Crippen LogP contribution in [0.3, 0.4) is 0 Å². The van der Waals surface area contributed by atoms with Gasteiger partial charge < -0.3 is 29.2 Å². The molecule has 0 bridgehead atoms. The van der Waals surface area contributed by atoms with E-state index in [-0.39, 0.29) is 35.0 Å². The highest BCUT2D eigenvalue weighted by molar-refractivity contribution is 7.92. The summed E-state index contributed by atoms with van der Waals surface area (Å²) < 4.78 is 51.8. The average Bonchev–Trinajstić information content (AvgIpc) is 3.12. The summed E-state index contributed by atoms with van der Waals surface area (Å²) in [4.78, 5) is 29.6. The minimum atomic E-state index is -4.51. The van der Waals surface area contributed by atoms with Crippen LogP contribution in [-0.2, 0) is 32.6 Å². The number of carbonyl (C=O) groups excluding carboxylic acids is 2. The van der Waals surface area contributed by atoms with Crippen LogP contribution in [0, 0.1) is 0 Å². The molecule has 4 rings (SSSR count). The molecule has 0 radical (unpaired) electrons. The molecule has 1 N–H and O–H groups in total. The van der Waals surface area contributed by atoms with Gasteiger partial charge >= 0.3 is 0 Å². The number of carbonyl (C=O) groups is 2. The first-order valence-electron chi connectivity index (χ1n) is 15.4. The van der Waals surface area contributed by atoms with Gasteiger partial charge in [0.25, 0.3) is 10.0 Å². The Labute approximate surface area is 292 Å². The average molecular weight is 710 g/mol. The van der Waals surface area contributed by atoms with Crippen molar-refractivity contribution in [2.75, 3.05) is 45.8 Å². The number of sulfonamides is 1. The van der Waals surface area contributed by atoms with Crippen LogP contribution in [-0.4, -0.2) is 72.7 Å². The number of benzene rings is 4. The van der Waals surface area contributed by atoms with Gasteiger partial charge in [-0.05, 0) is 48.4 Å². The van der Waals surface area contributed by atoms with Gasteiger partial charge in [-0.2, -0.15) is 0 Å². The molecule has 0 saturated carbocycles. The van der Waals surface area contributed by atoms with Gasteiger partial charge in [-0.25, -0.2) is 8.42 Å². The number of likely N-dealkylation sites (N-methyl/N-ethyl adjacent to an activating group) is 1. The van der Waals surface area contributed by atoms with Gasteiger partial charge in [0.2, 0.25) is 11.8 Å². The van der Waals surface area contributed by atoms with Gasteiger partial charge in [0, 0.05) is 36.7 Å². The quantitative estimate of drug-likeness (QED) is 0.165. The highest BCUT2D eigenvalue weighted by Crippen LogP contribution is 2.38. The fourth-order valence-corrected chi connectivity index (χ4v) is 6.89. The van der Waals surface area contributed by atoms with E-state index in [2.05, 4.69) is 5.32 Å².